The molecule has 4 rings (SSSR count). The van der Waals surface area contributed by atoms with Gasteiger partial charge in [0.2, 0.25) is 0 Å². The van der Waals surface area contributed by atoms with Crippen molar-refractivity contribution >= 4 is 52.2 Å². The fourth-order valence-electron chi connectivity index (χ4n) is 4.55. The monoisotopic (exact) mass is 558 g/mol. The molecule has 1 aromatic heterocycles. The number of nitrogens with zero attached hydrogens (tertiary/aromatic N) is 1. The van der Waals surface area contributed by atoms with Gasteiger partial charge in [-0.25, -0.2) is 4.79 Å². The van der Waals surface area contributed by atoms with Gasteiger partial charge in [0.05, 0.1) is 4.88 Å². The largest absolute Gasteiger partial charge is 0.349 e. The highest BCUT2D eigenvalue weighted by atomic mass is 35.5. The Bertz CT molecular complexity index is 1160. The Hall–Kier alpha value is -2.58. The van der Waals surface area contributed by atoms with Crippen molar-refractivity contribution in [3.63, 3.8) is 0 Å². The molecule has 1 aliphatic heterocycles. The SMILES string of the molecule is Cc1ccc(C(CCN2CCC(NC(=O)c3cccs3)CC2)CNC(=O)Nc2cc(Cl)cc(Cl)c2)cc1. The van der Waals surface area contributed by atoms with E-state index in [1.165, 1.54) is 22.5 Å². The number of carbonyl (C=O) groups excluding carboxylic acids is 2. The number of carbonyl (C=O) groups is 2. The van der Waals surface area contributed by atoms with Crippen LogP contribution >= 0.6 is 34.5 Å². The molecule has 0 bridgehead atoms. The first kappa shape index (κ1) is 27.5. The topological polar surface area (TPSA) is 73.5 Å². The van der Waals surface area contributed by atoms with Crippen molar-refractivity contribution in [2.75, 3.05) is 31.5 Å². The lowest BCUT2D eigenvalue weighted by molar-refractivity contribution is 0.0914. The summed E-state index contributed by atoms with van der Waals surface area (Å²) < 4.78 is 0. The molecule has 1 fully saturated rings. The second-order valence-corrected chi connectivity index (χ2v) is 11.3. The third-order valence-electron chi connectivity index (χ3n) is 6.64. The van der Waals surface area contributed by atoms with Crippen molar-refractivity contribution < 1.29 is 9.59 Å². The van der Waals surface area contributed by atoms with Crippen LogP contribution in [0.25, 0.3) is 0 Å². The number of urea groups is 1. The Labute approximate surface area is 232 Å². The molecule has 3 aromatic rings. The number of aryl methyl sites for hydroxylation is 1. The van der Waals surface area contributed by atoms with E-state index < -0.39 is 0 Å². The quantitative estimate of drug-likeness (QED) is 0.278. The number of hydrogen-bond acceptors (Lipinski definition) is 4. The average molecular weight is 560 g/mol. The highest BCUT2D eigenvalue weighted by Crippen LogP contribution is 2.24. The molecular weight excluding hydrogens is 527 g/mol. The van der Waals surface area contributed by atoms with E-state index in [0.29, 0.717) is 22.3 Å². The van der Waals surface area contributed by atoms with E-state index in [0.717, 1.165) is 43.8 Å². The number of hydrogen-bond donors (Lipinski definition) is 3. The van der Waals surface area contributed by atoms with E-state index in [4.69, 9.17) is 23.2 Å². The van der Waals surface area contributed by atoms with Crippen molar-refractivity contribution in [1.29, 1.82) is 0 Å². The standard InChI is InChI=1S/C28H32Cl2N4O2S/c1-19-4-6-20(7-5-19)21(18-31-28(36)33-25-16-22(29)15-23(30)17-25)8-11-34-12-9-24(10-13-34)32-27(35)26-3-2-14-37-26/h2-7,14-17,21,24H,8-13,18H2,1H3,(H,32,35)(H2,31,33,36). The molecule has 0 spiro atoms. The molecule has 1 aliphatic rings. The van der Waals surface area contributed by atoms with Gasteiger partial charge in [-0.05, 0) is 67.9 Å². The van der Waals surface area contributed by atoms with Crippen LogP contribution in [-0.2, 0) is 0 Å². The lowest BCUT2D eigenvalue weighted by Crippen LogP contribution is -2.45. The van der Waals surface area contributed by atoms with Gasteiger partial charge in [-0.3, -0.25) is 4.79 Å². The third kappa shape index (κ3) is 8.47. The van der Waals surface area contributed by atoms with Crippen LogP contribution in [-0.4, -0.2) is 49.1 Å². The summed E-state index contributed by atoms with van der Waals surface area (Å²) in [5, 5.41) is 11.9. The molecule has 1 atom stereocenters. The smallest absolute Gasteiger partial charge is 0.319 e. The van der Waals surface area contributed by atoms with E-state index in [1.807, 2.05) is 17.5 Å². The van der Waals surface area contributed by atoms with E-state index in [2.05, 4.69) is 52.0 Å². The van der Waals surface area contributed by atoms with Gasteiger partial charge < -0.3 is 20.9 Å². The predicted octanol–water partition coefficient (Wildman–Crippen LogP) is 6.55. The van der Waals surface area contributed by atoms with Crippen molar-refractivity contribution in [3.8, 4) is 0 Å². The molecule has 1 unspecified atom stereocenters. The first-order chi connectivity index (χ1) is 17.9. The van der Waals surface area contributed by atoms with Crippen molar-refractivity contribution in [3.05, 3.63) is 86.0 Å². The van der Waals surface area contributed by atoms with Crippen molar-refractivity contribution in [1.82, 2.24) is 15.5 Å². The summed E-state index contributed by atoms with van der Waals surface area (Å²) in [5.41, 5.74) is 2.96. The molecule has 3 N–H and O–H groups in total. The molecule has 196 valence electrons. The van der Waals surface area contributed by atoms with Gasteiger partial charge in [0.25, 0.3) is 5.91 Å². The second-order valence-electron chi connectivity index (χ2n) is 9.46. The minimum Gasteiger partial charge on any atom is -0.349 e. The van der Waals surface area contributed by atoms with Gasteiger partial charge in [0.1, 0.15) is 0 Å². The zero-order valence-corrected chi connectivity index (χ0v) is 23.1. The molecule has 0 saturated carbocycles. The molecule has 9 heteroatoms. The summed E-state index contributed by atoms with van der Waals surface area (Å²) in [6, 6.07) is 17.1. The fourth-order valence-corrected chi connectivity index (χ4v) is 5.70. The summed E-state index contributed by atoms with van der Waals surface area (Å²) >= 11 is 13.6. The molecule has 2 heterocycles. The van der Waals surface area contributed by atoms with E-state index in [-0.39, 0.29) is 23.9 Å². The molecule has 0 radical (unpaired) electrons. The maximum Gasteiger partial charge on any atom is 0.319 e. The maximum atomic E-state index is 12.6. The van der Waals surface area contributed by atoms with Crippen LogP contribution in [0.15, 0.2) is 60.0 Å². The summed E-state index contributed by atoms with van der Waals surface area (Å²) in [7, 11) is 0. The van der Waals surface area contributed by atoms with E-state index >= 15 is 0 Å². The Morgan fingerprint density at radius 1 is 1.05 bits per heavy atom. The van der Waals surface area contributed by atoms with Crippen molar-refractivity contribution in [2.45, 2.75) is 38.1 Å². The molecule has 1 saturated heterocycles. The van der Waals surface area contributed by atoms with E-state index in [1.54, 1.807) is 18.2 Å². The van der Waals surface area contributed by atoms with Gasteiger partial charge in [0, 0.05) is 47.3 Å². The third-order valence-corrected chi connectivity index (χ3v) is 7.94. The molecular formula is C28H32Cl2N4O2S. The summed E-state index contributed by atoms with van der Waals surface area (Å²) in [6.07, 6.45) is 2.79. The number of halogens is 2. The molecule has 2 aromatic carbocycles. The zero-order valence-electron chi connectivity index (χ0n) is 20.8. The number of amides is 3. The molecule has 37 heavy (non-hydrogen) atoms. The van der Waals surface area contributed by atoms with Gasteiger partial charge in [0.15, 0.2) is 0 Å². The van der Waals surface area contributed by atoms with Crippen LogP contribution < -0.4 is 16.0 Å². The first-order valence-electron chi connectivity index (χ1n) is 12.5. The number of likely N-dealkylation sites (tertiary alicyclic amines) is 1. The summed E-state index contributed by atoms with van der Waals surface area (Å²) in [4.78, 5) is 28.2. The lowest BCUT2D eigenvalue weighted by Gasteiger charge is -2.33. The molecule has 0 aliphatic carbocycles. The molecule has 6 nitrogen and oxygen atoms in total. The molecule has 3 amide bonds. The normalized spacial score (nSPS) is 15.2. The van der Waals surface area contributed by atoms with Gasteiger partial charge in [-0.1, -0.05) is 59.1 Å². The second kappa shape index (κ2) is 13.3. The van der Waals surface area contributed by atoms with Crippen LogP contribution in [0.4, 0.5) is 10.5 Å². The maximum absolute atomic E-state index is 12.6. The van der Waals surface area contributed by atoms with Crippen molar-refractivity contribution in [2.24, 2.45) is 0 Å². The number of nitrogens with one attached hydrogen (secondary N) is 3. The minimum absolute atomic E-state index is 0.0253. The average Bonchev–Trinajstić information content (AvgIpc) is 3.40. The number of benzene rings is 2. The van der Waals surface area contributed by atoms with Crippen LogP contribution in [0.2, 0.25) is 10.0 Å². The zero-order chi connectivity index (χ0) is 26.2. The Morgan fingerprint density at radius 3 is 2.41 bits per heavy atom. The number of anilines is 1. The Kier molecular flexibility index (Phi) is 9.86. The van der Waals surface area contributed by atoms with Gasteiger partial charge in [-0.2, -0.15) is 0 Å². The summed E-state index contributed by atoms with van der Waals surface area (Å²) in [5.74, 6) is 0.197. The number of piperidine rings is 1. The van der Waals surface area contributed by atoms with Crippen LogP contribution in [0, 0.1) is 6.92 Å². The number of thiophene rings is 1. The first-order valence-corrected chi connectivity index (χ1v) is 14.1. The van der Waals surface area contributed by atoms with Gasteiger partial charge >= 0.3 is 6.03 Å². The highest BCUT2D eigenvalue weighted by molar-refractivity contribution is 7.12. The summed E-state index contributed by atoms with van der Waals surface area (Å²) in [6.45, 7) is 5.40. The van der Waals surface area contributed by atoms with Crippen LogP contribution in [0.3, 0.4) is 0 Å². The van der Waals surface area contributed by atoms with Crippen LogP contribution in [0.5, 0.6) is 0 Å². The Balaban J connectivity index is 1.28. The minimum atomic E-state index is -0.294. The van der Waals surface area contributed by atoms with E-state index in [9.17, 15) is 9.59 Å². The lowest BCUT2D eigenvalue weighted by atomic mass is 9.94. The fraction of sp³-hybridized carbons (Fsp3) is 0.357. The Morgan fingerprint density at radius 2 is 1.76 bits per heavy atom. The predicted molar refractivity (Wildman–Crippen MR) is 153 cm³/mol. The number of rotatable bonds is 9. The highest BCUT2D eigenvalue weighted by Gasteiger charge is 2.23. The van der Waals surface area contributed by atoms with Gasteiger partial charge in [-0.15, -0.1) is 11.3 Å². The van der Waals surface area contributed by atoms with Crippen LogP contribution in [0.1, 0.15) is 46.0 Å².